The minimum Gasteiger partial charge on any atom is -0.347 e. The number of piperidine rings is 1. The van der Waals surface area contributed by atoms with Crippen molar-refractivity contribution >= 4 is 0 Å². The van der Waals surface area contributed by atoms with Gasteiger partial charge in [0.2, 0.25) is 0 Å². The van der Waals surface area contributed by atoms with E-state index < -0.39 is 0 Å². The number of likely N-dealkylation sites (N-methyl/N-ethyl adjacent to an activating group) is 1. The van der Waals surface area contributed by atoms with Crippen molar-refractivity contribution in [2.75, 3.05) is 33.4 Å². The van der Waals surface area contributed by atoms with Crippen LogP contribution in [0.15, 0.2) is 0 Å². The number of likely N-dealkylation sites (tertiary alicyclic amines) is 1. The first-order valence-corrected chi connectivity index (χ1v) is 8.95. The molecule has 3 fully saturated rings. The third-order valence-electron chi connectivity index (χ3n) is 5.82. The molecular formula is C17H32N2O2. The Hall–Kier alpha value is -0.160. The van der Waals surface area contributed by atoms with Crippen molar-refractivity contribution in [2.45, 2.75) is 69.7 Å². The predicted molar refractivity (Wildman–Crippen MR) is 84.3 cm³/mol. The molecule has 0 aromatic heterocycles. The Morgan fingerprint density at radius 2 is 1.86 bits per heavy atom. The van der Waals surface area contributed by atoms with E-state index >= 15 is 0 Å². The Morgan fingerprint density at radius 1 is 1.14 bits per heavy atom. The molecule has 0 bridgehead atoms. The van der Waals surface area contributed by atoms with Crippen molar-refractivity contribution in [1.82, 2.24) is 10.2 Å². The van der Waals surface area contributed by atoms with Crippen molar-refractivity contribution in [3.05, 3.63) is 0 Å². The molecule has 3 rings (SSSR count). The summed E-state index contributed by atoms with van der Waals surface area (Å²) >= 11 is 0. The number of nitrogens with one attached hydrogen (secondary N) is 1. The summed E-state index contributed by atoms with van der Waals surface area (Å²) in [5.74, 6) is 0.689. The molecule has 2 aliphatic heterocycles. The van der Waals surface area contributed by atoms with Crippen LogP contribution in [0.2, 0.25) is 0 Å². The lowest BCUT2D eigenvalue weighted by Crippen LogP contribution is -2.58. The van der Waals surface area contributed by atoms with Crippen molar-refractivity contribution in [3.63, 3.8) is 0 Å². The van der Waals surface area contributed by atoms with E-state index in [9.17, 15) is 0 Å². The Balaban J connectivity index is 1.61. The molecule has 122 valence electrons. The van der Waals surface area contributed by atoms with Crippen LogP contribution >= 0.6 is 0 Å². The van der Waals surface area contributed by atoms with Crippen LogP contribution in [0, 0.1) is 5.92 Å². The molecule has 2 unspecified atom stereocenters. The summed E-state index contributed by atoms with van der Waals surface area (Å²) in [5.41, 5.74) is 0. The molecule has 21 heavy (non-hydrogen) atoms. The quantitative estimate of drug-likeness (QED) is 0.863. The fraction of sp³-hybridized carbons (Fsp3) is 1.00. The molecule has 1 saturated carbocycles. The third kappa shape index (κ3) is 3.44. The molecule has 2 saturated heterocycles. The second-order valence-electron chi connectivity index (χ2n) is 7.08. The fourth-order valence-electron chi connectivity index (χ4n) is 4.59. The van der Waals surface area contributed by atoms with Crippen molar-refractivity contribution in [2.24, 2.45) is 5.92 Å². The molecule has 0 aromatic carbocycles. The molecule has 2 atom stereocenters. The highest BCUT2D eigenvalue weighted by atomic mass is 16.7. The van der Waals surface area contributed by atoms with Gasteiger partial charge < -0.3 is 14.8 Å². The average molecular weight is 296 g/mol. The van der Waals surface area contributed by atoms with E-state index in [1.54, 1.807) is 0 Å². The molecule has 1 spiro atoms. The smallest absolute Gasteiger partial charge is 0.170 e. The molecule has 0 aromatic rings. The Morgan fingerprint density at radius 3 is 2.48 bits per heavy atom. The zero-order valence-corrected chi connectivity index (χ0v) is 13.8. The first-order chi connectivity index (χ1) is 10.3. The van der Waals surface area contributed by atoms with E-state index in [4.69, 9.17) is 9.47 Å². The standard InChI is InChI=1S/C17H32N2O2/c1-3-4-14-6-9-19(10-7-14)16-13-17(20-11-12-21-17)8-5-15(16)18-2/h14-16,18H,3-13H2,1-2H3. The molecule has 0 radical (unpaired) electrons. The van der Waals surface area contributed by atoms with Gasteiger partial charge in [0.15, 0.2) is 5.79 Å². The van der Waals surface area contributed by atoms with Gasteiger partial charge in [-0.3, -0.25) is 4.90 Å². The van der Waals surface area contributed by atoms with Gasteiger partial charge >= 0.3 is 0 Å². The van der Waals surface area contributed by atoms with Gasteiger partial charge in [-0.1, -0.05) is 19.8 Å². The van der Waals surface area contributed by atoms with Crippen molar-refractivity contribution in [1.29, 1.82) is 0 Å². The number of nitrogens with zero attached hydrogens (tertiary/aromatic N) is 1. The largest absolute Gasteiger partial charge is 0.347 e. The molecule has 1 N–H and O–H groups in total. The van der Waals surface area contributed by atoms with Gasteiger partial charge in [0.25, 0.3) is 0 Å². The zero-order chi connectivity index (χ0) is 14.7. The Labute approximate surface area is 129 Å². The predicted octanol–water partition coefficient (Wildman–Crippen LogP) is 2.38. The summed E-state index contributed by atoms with van der Waals surface area (Å²) in [6.07, 6.45) is 8.72. The summed E-state index contributed by atoms with van der Waals surface area (Å²) in [6.45, 7) is 6.36. The normalized spacial score (nSPS) is 34.6. The maximum atomic E-state index is 5.98. The highest BCUT2D eigenvalue weighted by molar-refractivity contribution is 4.97. The van der Waals surface area contributed by atoms with E-state index in [0.717, 1.165) is 38.4 Å². The summed E-state index contributed by atoms with van der Waals surface area (Å²) in [6, 6.07) is 1.16. The van der Waals surface area contributed by atoms with Crippen LogP contribution in [-0.2, 0) is 9.47 Å². The monoisotopic (exact) mass is 296 g/mol. The van der Waals surface area contributed by atoms with Gasteiger partial charge in [0, 0.05) is 24.9 Å². The van der Waals surface area contributed by atoms with E-state index in [0.29, 0.717) is 12.1 Å². The van der Waals surface area contributed by atoms with Crippen LogP contribution < -0.4 is 5.32 Å². The van der Waals surface area contributed by atoms with Crippen LogP contribution in [0.4, 0.5) is 0 Å². The van der Waals surface area contributed by atoms with Gasteiger partial charge in [-0.15, -0.1) is 0 Å². The van der Waals surface area contributed by atoms with E-state index in [1.807, 2.05) is 0 Å². The van der Waals surface area contributed by atoms with Crippen LogP contribution in [0.3, 0.4) is 0 Å². The second-order valence-corrected chi connectivity index (χ2v) is 7.08. The highest BCUT2D eigenvalue weighted by Crippen LogP contribution is 2.39. The lowest BCUT2D eigenvalue weighted by molar-refractivity contribution is -0.194. The molecular weight excluding hydrogens is 264 g/mol. The summed E-state index contributed by atoms with van der Waals surface area (Å²) in [7, 11) is 2.11. The van der Waals surface area contributed by atoms with Crippen LogP contribution in [0.25, 0.3) is 0 Å². The van der Waals surface area contributed by atoms with E-state index in [-0.39, 0.29) is 5.79 Å². The minimum atomic E-state index is -0.266. The molecule has 0 amide bonds. The molecule has 2 heterocycles. The van der Waals surface area contributed by atoms with Crippen LogP contribution in [0.5, 0.6) is 0 Å². The SMILES string of the molecule is CCCC1CCN(C2CC3(CCC2NC)OCCO3)CC1. The van der Waals surface area contributed by atoms with Gasteiger partial charge in [-0.25, -0.2) is 0 Å². The van der Waals surface area contributed by atoms with Gasteiger partial charge in [-0.05, 0) is 45.3 Å². The lowest BCUT2D eigenvalue weighted by atomic mass is 9.82. The van der Waals surface area contributed by atoms with Crippen molar-refractivity contribution < 1.29 is 9.47 Å². The van der Waals surface area contributed by atoms with Crippen LogP contribution in [0.1, 0.15) is 51.9 Å². The topological polar surface area (TPSA) is 33.7 Å². The summed E-state index contributed by atoms with van der Waals surface area (Å²) in [4.78, 5) is 2.71. The Bertz CT molecular complexity index is 323. The summed E-state index contributed by atoms with van der Waals surface area (Å²) < 4.78 is 12.0. The number of hydrogen-bond acceptors (Lipinski definition) is 4. The lowest BCUT2D eigenvalue weighted by Gasteiger charge is -2.47. The molecule has 4 nitrogen and oxygen atoms in total. The van der Waals surface area contributed by atoms with Crippen LogP contribution in [-0.4, -0.2) is 56.1 Å². The van der Waals surface area contributed by atoms with Gasteiger partial charge in [-0.2, -0.15) is 0 Å². The highest BCUT2D eigenvalue weighted by Gasteiger charge is 2.46. The van der Waals surface area contributed by atoms with Gasteiger partial charge in [0.1, 0.15) is 0 Å². The average Bonchev–Trinajstić information content (AvgIpc) is 2.96. The maximum absolute atomic E-state index is 5.98. The zero-order valence-electron chi connectivity index (χ0n) is 13.8. The molecule has 4 heteroatoms. The first-order valence-electron chi connectivity index (χ1n) is 8.95. The summed E-state index contributed by atoms with van der Waals surface area (Å²) in [5, 5.41) is 3.54. The molecule has 3 aliphatic rings. The number of rotatable bonds is 4. The number of hydrogen-bond donors (Lipinski definition) is 1. The van der Waals surface area contributed by atoms with E-state index in [1.165, 1.54) is 38.8 Å². The fourth-order valence-corrected chi connectivity index (χ4v) is 4.59. The number of ether oxygens (including phenoxy) is 2. The van der Waals surface area contributed by atoms with E-state index in [2.05, 4.69) is 24.2 Å². The Kier molecular flexibility index (Phi) is 5.20. The third-order valence-corrected chi connectivity index (χ3v) is 5.82. The molecule has 1 aliphatic carbocycles. The second kappa shape index (κ2) is 6.95. The first kappa shape index (κ1) is 15.7. The van der Waals surface area contributed by atoms with Crippen molar-refractivity contribution in [3.8, 4) is 0 Å². The minimum absolute atomic E-state index is 0.266. The van der Waals surface area contributed by atoms with Gasteiger partial charge in [0.05, 0.1) is 13.2 Å². The maximum Gasteiger partial charge on any atom is 0.170 e.